The summed E-state index contributed by atoms with van der Waals surface area (Å²) < 4.78 is 27.1. The Morgan fingerprint density at radius 3 is 2.74 bits per heavy atom. The summed E-state index contributed by atoms with van der Waals surface area (Å²) in [5.41, 5.74) is 5.31. The SMILES string of the molecule is CCOC(=O)C1CCC(n2ncc(-c3cnc4[nH]cc(C(C)c5c(OC)ccc(F)c5Cl)c4c3)c2C)CC1. The molecular weight excluding hydrogens is 507 g/mol. The highest BCUT2D eigenvalue weighted by atomic mass is 35.5. The van der Waals surface area contributed by atoms with E-state index in [1.54, 1.807) is 13.2 Å². The quantitative estimate of drug-likeness (QED) is 0.257. The van der Waals surface area contributed by atoms with Gasteiger partial charge >= 0.3 is 5.97 Å². The van der Waals surface area contributed by atoms with Crippen LogP contribution in [0.1, 0.15) is 68.3 Å². The number of fused-ring (bicyclic) bond motifs is 1. The zero-order chi connectivity index (χ0) is 27.0. The molecule has 1 aliphatic rings. The minimum atomic E-state index is -0.479. The number of nitrogens with one attached hydrogen (secondary N) is 1. The second kappa shape index (κ2) is 10.8. The van der Waals surface area contributed by atoms with Crippen LogP contribution in [-0.2, 0) is 9.53 Å². The molecule has 1 unspecified atom stereocenters. The lowest BCUT2D eigenvalue weighted by Crippen LogP contribution is -2.26. The van der Waals surface area contributed by atoms with E-state index in [0.29, 0.717) is 17.9 Å². The highest BCUT2D eigenvalue weighted by Gasteiger charge is 2.29. The number of aromatic nitrogens is 4. The number of halogens is 2. The lowest BCUT2D eigenvalue weighted by atomic mass is 9.86. The van der Waals surface area contributed by atoms with Crippen LogP contribution in [0.2, 0.25) is 5.02 Å². The van der Waals surface area contributed by atoms with Crippen LogP contribution in [0, 0.1) is 18.7 Å². The molecule has 1 aliphatic carbocycles. The topological polar surface area (TPSA) is 82.0 Å². The molecule has 0 bridgehead atoms. The maximum absolute atomic E-state index is 14.4. The fraction of sp³-hybridized carbons (Fsp3) is 0.414. The Kier molecular flexibility index (Phi) is 7.43. The molecule has 1 fully saturated rings. The first kappa shape index (κ1) is 26.2. The van der Waals surface area contributed by atoms with Crippen molar-refractivity contribution < 1.29 is 18.7 Å². The van der Waals surface area contributed by atoms with Gasteiger partial charge in [-0.15, -0.1) is 0 Å². The predicted octanol–water partition coefficient (Wildman–Crippen LogP) is 6.98. The lowest BCUT2D eigenvalue weighted by Gasteiger charge is -2.28. The maximum atomic E-state index is 14.4. The summed E-state index contributed by atoms with van der Waals surface area (Å²) in [4.78, 5) is 20.0. The molecule has 4 aromatic rings. The molecule has 38 heavy (non-hydrogen) atoms. The Bertz CT molecular complexity index is 1470. The third kappa shape index (κ3) is 4.66. The number of hydrogen-bond donors (Lipinski definition) is 1. The van der Waals surface area contributed by atoms with Crippen LogP contribution in [0.4, 0.5) is 4.39 Å². The minimum Gasteiger partial charge on any atom is -0.496 e. The van der Waals surface area contributed by atoms with Crippen LogP contribution < -0.4 is 4.74 Å². The number of benzene rings is 1. The van der Waals surface area contributed by atoms with Gasteiger partial charge < -0.3 is 14.5 Å². The molecule has 1 aromatic carbocycles. The summed E-state index contributed by atoms with van der Waals surface area (Å²) in [5, 5.41) is 5.72. The fourth-order valence-corrected chi connectivity index (χ4v) is 6.03. The number of rotatable bonds is 7. The van der Waals surface area contributed by atoms with E-state index in [9.17, 15) is 9.18 Å². The number of carbonyl (C=O) groups is 1. The molecule has 1 N–H and O–H groups in total. The maximum Gasteiger partial charge on any atom is 0.308 e. The van der Waals surface area contributed by atoms with E-state index in [-0.39, 0.29) is 28.9 Å². The van der Waals surface area contributed by atoms with Gasteiger partial charge in [0.05, 0.1) is 36.9 Å². The Labute approximate surface area is 226 Å². The van der Waals surface area contributed by atoms with Gasteiger partial charge in [0.15, 0.2) is 0 Å². The minimum absolute atomic E-state index is 0.0210. The van der Waals surface area contributed by atoms with Gasteiger partial charge in [-0.25, -0.2) is 9.37 Å². The summed E-state index contributed by atoms with van der Waals surface area (Å²) in [6.45, 7) is 6.31. The number of methoxy groups -OCH3 is 1. The first-order chi connectivity index (χ1) is 18.3. The van der Waals surface area contributed by atoms with Gasteiger partial charge in [-0.1, -0.05) is 18.5 Å². The fourth-order valence-electron chi connectivity index (χ4n) is 5.71. The van der Waals surface area contributed by atoms with E-state index < -0.39 is 5.82 Å². The van der Waals surface area contributed by atoms with E-state index in [1.165, 1.54) is 6.07 Å². The zero-order valence-corrected chi connectivity index (χ0v) is 22.8. The highest BCUT2D eigenvalue weighted by molar-refractivity contribution is 6.31. The molecule has 0 spiro atoms. The third-order valence-corrected chi connectivity index (χ3v) is 8.18. The molecule has 0 saturated heterocycles. The standard InChI is InChI=1S/C29H32ClFN4O3/c1-5-38-29(36)18-6-8-20(9-7-18)35-17(3)23(15-34-35)19-12-21-22(14-33-28(21)32-13-19)16(2)26-25(37-4)11-10-24(31)27(26)30/h10-16,18,20H,5-9H2,1-4H3,(H,32,33). The van der Waals surface area contributed by atoms with Crippen LogP contribution in [0.25, 0.3) is 22.2 Å². The van der Waals surface area contributed by atoms with Gasteiger partial charge in [0.1, 0.15) is 17.2 Å². The van der Waals surface area contributed by atoms with Crippen molar-refractivity contribution in [2.45, 2.75) is 58.4 Å². The van der Waals surface area contributed by atoms with E-state index in [2.05, 4.69) is 27.6 Å². The first-order valence-corrected chi connectivity index (χ1v) is 13.4. The van der Waals surface area contributed by atoms with Crippen LogP contribution >= 0.6 is 11.6 Å². The predicted molar refractivity (Wildman–Crippen MR) is 145 cm³/mol. The molecule has 200 valence electrons. The Balaban J connectivity index is 1.44. The van der Waals surface area contributed by atoms with E-state index >= 15 is 0 Å². The van der Waals surface area contributed by atoms with Gasteiger partial charge in [0, 0.05) is 46.1 Å². The number of hydrogen-bond acceptors (Lipinski definition) is 5. The van der Waals surface area contributed by atoms with E-state index in [4.69, 9.17) is 26.2 Å². The second-order valence-corrected chi connectivity index (χ2v) is 10.3. The van der Waals surface area contributed by atoms with Gasteiger partial charge in [-0.2, -0.15) is 5.10 Å². The number of ether oxygens (including phenoxy) is 2. The van der Waals surface area contributed by atoms with Gasteiger partial charge in [-0.05, 0) is 63.3 Å². The average Bonchev–Trinajstić information content (AvgIpc) is 3.53. The highest BCUT2D eigenvalue weighted by Crippen LogP contribution is 2.41. The lowest BCUT2D eigenvalue weighted by molar-refractivity contribution is -0.149. The van der Waals surface area contributed by atoms with Crippen molar-refractivity contribution in [1.29, 1.82) is 0 Å². The van der Waals surface area contributed by atoms with E-state index in [0.717, 1.165) is 59.1 Å². The van der Waals surface area contributed by atoms with Crippen molar-refractivity contribution in [1.82, 2.24) is 19.7 Å². The third-order valence-electron chi connectivity index (χ3n) is 7.79. The second-order valence-electron chi connectivity index (χ2n) is 9.91. The van der Waals surface area contributed by atoms with Crippen LogP contribution in [0.5, 0.6) is 5.75 Å². The number of aromatic amines is 1. The largest absolute Gasteiger partial charge is 0.496 e. The Hall–Kier alpha value is -3.39. The molecule has 3 aromatic heterocycles. The van der Waals surface area contributed by atoms with Gasteiger partial charge in [0.2, 0.25) is 0 Å². The molecule has 5 rings (SSSR count). The van der Waals surface area contributed by atoms with Crippen LogP contribution in [-0.4, -0.2) is 39.4 Å². The smallest absolute Gasteiger partial charge is 0.308 e. The summed E-state index contributed by atoms with van der Waals surface area (Å²) in [6.07, 6.45) is 9.01. The molecule has 1 atom stereocenters. The van der Waals surface area contributed by atoms with Crippen LogP contribution in [0.15, 0.2) is 36.8 Å². The molecule has 1 saturated carbocycles. The summed E-state index contributed by atoms with van der Waals surface area (Å²) >= 11 is 6.39. The Morgan fingerprint density at radius 1 is 1.26 bits per heavy atom. The van der Waals surface area contributed by atoms with Gasteiger partial charge in [-0.3, -0.25) is 9.48 Å². The molecule has 7 nitrogen and oxygen atoms in total. The van der Waals surface area contributed by atoms with Crippen molar-refractivity contribution >= 4 is 28.6 Å². The molecule has 3 heterocycles. The summed E-state index contributed by atoms with van der Waals surface area (Å²) in [6, 6.07) is 5.26. The van der Waals surface area contributed by atoms with E-state index in [1.807, 2.05) is 32.4 Å². The van der Waals surface area contributed by atoms with Crippen molar-refractivity contribution in [2.24, 2.45) is 5.92 Å². The van der Waals surface area contributed by atoms with Crippen molar-refractivity contribution in [3.63, 3.8) is 0 Å². The van der Waals surface area contributed by atoms with Crippen LogP contribution in [0.3, 0.4) is 0 Å². The van der Waals surface area contributed by atoms with Gasteiger partial charge in [0.25, 0.3) is 0 Å². The van der Waals surface area contributed by atoms with Crippen molar-refractivity contribution in [3.05, 3.63) is 64.5 Å². The first-order valence-electron chi connectivity index (χ1n) is 13.0. The molecule has 9 heteroatoms. The zero-order valence-electron chi connectivity index (χ0n) is 22.1. The molecular formula is C29H32ClFN4O3. The normalized spacial score (nSPS) is 18.5. The monoisotopic (exact) mass is 538 g/mol. The number of pyridine rings is 1. The number of esters is 1. The molecule has 0 aliphatic heterocycles. The van der Waals surface area contributed by atoms with Crippen molar-refractivity contribution in [2.75, 3.05) is 13.7 Å². The van der Waals surface area contributed by atoms with Crippen molar-refractivity contribution in [3.8, 4) is 16.9 Å². The summed E-state index contributed by atoms with van der Waals surface area (Å²) in [5.74, 6) is -0.286. The summed E-state index contributed by atoms with van der Waals surface area (Å²) in [7, 11) is 1.55. The number of nitrogens with zero attached hydrogens (tertiary/aromatic N) is 3. The Morgan fingerprint density at radius 2 is 2.03 bits per heavy atom. The average molecular weight is 539 g/mol. The number of carbonyl (C=O) groups excluding carboxylic acids is 1. The molecule has 0 radical (unpaired) electrons. The molecule has 0 amide bonds. The number of H-pyrrole nitrogens is 1.